The van der Waals surface area contributed by atoms with Crippen molar-refractivity contribution in [1.29, 1.82) is 0 Å². The molecule has 0 aliphatic rings. The largest absolute Gasteiger partial charge is 0.494 e. The van der Waals surface area contributed by atoms with Gasteiger partial charge in [-0.05, 0) is 43.2 Å². The molecule has 2 aromatic rings. The maximum atomic E-state index is 13.8. The molecule has 1 N–H and O–H groups in total. The van der Waals surface area contributed by atoms with Gasteiger partial charge in [-0.1, -0.05) is 35.9 Å². The quantitative estimate of drug-likeness (QED) is 0.665. The van der Waals surface area contributed by atoms with Gasteiger partial charge in [0.25, 0.3) is 0 Å². The molecule has 1 unspecified atom stereocenters. The second kappa shape index (κ2) is 10.1. The van der Waals surface area contributed by atoms with Gasteiger partial charge in [-0.2, -0.15) is 0 Å². The molecule has 0 bridgehead atoms. The SMILES string of the molecule is COc1ccc(CC(=O)NC(CC(=O)OC(C)C)c2ccccc2Cl)cc1F. The predicted octanol–water partition coefficient (Wildman–Crippen LogP) is 4.23. The van der Waals surface area contributed by atoms with Gasteiger partial charge in [0.2, 0.25) is 5.91 Å². The van der Waals surface area contributed by atoms with Gasteiger partial charge < -0.3 is 14.8 Å². The molecule has 0 spiro atoms. The normalized spacial score (nSPS) is 11.8. The summed E-state index contributed by atoms with van der Waals surface area (Å²) in [5.74, 6) is -1.26. The van der Waals surface area contributed by atoms with Crippen LogP contribution in [0.5, 0.6) is 5.75 Å². The number of carbonyl (C=O) groups excluding carboxylic acids is 2. The standard InChI is InChI=1S/C21H23ClFNO4/c1-13(2)28-21(26)12-18(15-6-4-5-7-16(15)22)24-20(25)11-14-8-9-19(27-3)17(23)10-14/h4-10,13,18H,11-12H2,1-3H3,(H,24,25). The van der Waals surface area contributed by atoms with E-state index in [1.165, 1.54) is 19.2 Å². The molecule has 2 rings (SSSR count). The van der Waals surface area contributed by atoms with Crippen molar-refractivity contribution in [2.75, 3.05) is 7.11 Å². The van der Waals surface area contributed by atoms with E-state index in [2.05, 4.69) is 5.32 Å². The predicted molar refractivity (Wildman–Crippen MR) is 105 cm³/mol. The highest BCUT2D eigenvalue weighted by Crippen LogP contribution is 2.26. The first-order valence-electron chi connectivity index (χ1n) is 8.85. The number of hydrogen-bond acceptors (Lipinski definition) is 4. The van der Waals surface area contributed by atoms with Crippen LogP contribution in [0.4, 0.5) is 4.39 Å². The third-order valence-corrected chi connectivity index (χ3v) is 4.28. The van der Waals surface area contributed by atoms with Gasteiger partial charge in [0.05, 0.1) is 32.1 Å². The number of ether oxygens (including phenoxy) is 2. The summed E-state index contributed by atoms with van der Waals surface area (Å²) in [7, 11) is 1.37. The van der Waals surface area contributed by atoms with Crippen LogP contribution in [-0.4, -0.2) is 25.1 Å². The highest BCUT2D eigenvalue weighted by atomic mass is 35.5. The Labute approximate surface area is 168 Å². The van der Waals surface area contributed by atoms with Crippen LogP contribution in [-0.2, 0) is 20.7 Å². The fourth-order valence-corrected chi connectivity index (χ4v) is 2.99. The monoisotopic (exact) mass is 407 g/mol. The Kier molecular flexibility index (Phi) is 7.81. The summed E-state index contributed by atoms with van der Waals surface area (Å²) < 4.78 is 23.9. The zero-order valence-electron chi connectivity index (χ0n) is 16.0. The van der Waals surface area contributed by atoms with Gasteiger partial charge in [0.15, 0.2) is 11.6 Å². The van der Waals surface area contributed by atoms with Gasteiger partial charge in [-0.25, -0.2) is 4.39 Å². The third-order valence-electron chi connectivity index (χ3n) is 3.93. The molecular formula is C21H23ClFNO4. The molecule has 28 heavy (non-hydrogen) atoms. The minimum atomic E-state index is -0.657. The van der Waals surface area contributed by atoms with E-state index in [-0.39, 0.29) is 30.6 Å². The number of esters is 1. The van der Waals surface area contributed by atoms with E-state index in [0.29, 0.717) is 16.1 Å². The van der Waals surface area contributed by atoms with Crippen molar-refractivity contribution in [1.82, 2.24) is 5.32 Å². The summed E-state index contributed by atoms with van der Waals surface area (Å²) in [6, 6.07) is 10.6. The smallest absolute Gasteiger partial charge is 0.308 e. The summed E-state index contributed by atoms with van der Waals surface area (Å²) in [4.78, 5) is 24.6. The van der Waals surface area contributed by atoms with Gasteiger partial charge in [0, 0.05) is 5.02 Å². The molecule has 0 aliphatic carbocycles. The number of benzene rings is 2. The second-order valence-electron chi connectivity index (χ2n) is 6.53. The van der Waals surface area contributed by atoms with Crippen molar-refractivity contribution >= 4 is 23.5 Å². The van der Waals surface area contributed by atoms with Gasteiger partial charge >= 0.3 is 5.97 Å². The van der Waals surface area contributed by atoms with Crippen molar-refractivity contribution in [2.24, 2.45) is 0 Å². The number of amides is 1. The van der Waals surface area contributed by atoms with Crippen molar-refractivity contribution in [3.05, 3.63) is 64.4 Å². The average Bonchev–Trinajstić information content (AvgIpc) is 2.61. The first-order chi connectivity index (χ1) is 13.3. The molecule has 0 aromatic heterocycles. The molecule has 7 heteroatoms. The topological polar surface area (TPSA) is 64.6 Å². The number of halogens is 2. The Morgan fingerprint density at radius 2 is 1.89 bits per heavy atom. The molecular weight excluding hydrogens is 385 g/mol. The van der Waals surface area contributed by atoms with Crippen LogP contribution in [0, 0.1) is 5.82 Å². The van der Waals surface area contributed by atoms with Crippen LogP contribution in [0.1, 0.15) is 37.4 Å². The van der Waals surface area contributed by atoms with E-state index in [9.17, 15) is 14.0 Å². The van der Waals surface area contributed by atoms with Crippen LogP contribution in [0.25, 0.3) is 0 Å². The Balaban J connectivity index is 2.14. The summed E-state index contributed by atoms with van der Waals surface area (Å²) in [5.41, 5.74) is 1.09. The molecule has 0 heterocycles. The van der Waals surface area contributed by atoms with Crippen molar-refractivity contribution in [3.63, 3.8) is 0 Å². The molecule has 1 atom stereocenters. The molecule has 0 aliphatic heterocycles. The van der Waals surface area contributed by atoms with E-state index in [0.717, 1.165) is 0 Å². The summed E-state index contributed by atoms with van der Waals surface area (Å²) in [6.07, 6.45) is -0.386. The van der Waals surface area contributed by atoms with Crippen molar-refractivity contribution in [2.45, 2.75) is 38.8 Å². The Morgan fingerprint density at radius 3 is 2.50 bits per heavy atom. The fourth-order valence-electron chi connectivity index (χ4n) is 2.72. The molecule has 2 aromatic carbocycles. The van der Waals surface area contributed by atoms with Crippen LogP contribution in [0.2, 0.25) is 5.02 Å². The van der Waals surface area contributed by atoms with E-state index in [1.807, 2.05) is 0 Å². The average molecular weight is 408 g/mol. The maximum absolute atomic E-state index is 13.8. The Morgan fingerprint density at radius 1 is 1.18 bits per heavy atom. The first-order valence-corrected chi connectivity index (χ1v) is 9.23. The number of hydrogen-bond donors (Lipinski definition) is 1. The van der Waals surface area contributed by atoms with Crippen LogP contribution < -0.4 is 10.1 Å². The zero-order valence-corrected chi connectivity index (χ0v) is 16.8. The van der Waals surface area contributed by atoms with Crippen molar-refractivity contribution < 1.29 is 23.5 Å². The Hall–Kier alpha value is -2.60. The lowest BCUT2D eigenvalue weighted by Crippen LogP contribution is -2.32. The second-order valence-corrected chi connectivity index (χ2v) is 6.94. The number of rotatable bonds is 8. The third kappa shape index (κ3) is 6.23. The summed E-state index contributed by atoms with van der Waals surface area (Å²) in [6.45, 7) is 3.50. The van der Waals surface area contributed by atoms with E-state index in [1.54, 1.807) is 44.2 Å². The number of nitrogens with one attached hydrogen (secondary N) is 1. The fraction of sp³-hybridized carbons (Fsp3) is 0.333. The highest BCUT2D eigenvalue weighted by Gasteiger charge is 2.22. The van der Waals surface area contributed by atoms with E-state index in [4.69, 9.17) is 21.1 Å². The lowest BCUT2D eigenvalue weighted by atomic mass is 10.0. The minimum absolute atomic E-state index is 0.0545. The molecule has 0 saturated carbocycles. The summed E-state index contributed by atoms with van der Waals surface area (Å²) >= 11 is 6.24. The molecule has 0 radical (unpaired) electrons. The molecule has 0 fully saturated rings. The summed E-state index contributed by atoms with van der Waals surface area (Å²) in [5, 5.41) is 3.23. The van der Waals surface area contributed by atoms with Crippen LogP contribution >= 0.6 is 11.6 Å². The van der Waals surface area contributed by atoms with Crippen LogP contribution in [0.3, 0.4) is 0 Å². The van der Waals surface area contributed by atoms with Gasteiger partial charge in [-0.3, -0.25) is 9.59 Å². The highest BCUT2D eigenvalue weighted by molar-refractivity contribution is 6.31. The zero-order chi connectivity index (χ0) is 20.7. The van der Waals surface area contributed by atoms with Crippen molar-refractivity contribution in [3.8, 4) is 5.75 Å². The Bertz CT molecular complexity index is 841. The molecule has 150 valence electrons. The number of carbonyl (C=O) groups is 2. The van der Waals surface area contributed by atoms with Gasteiger partial charge in [0.1, 0.15) is 0 Å². The number of methoxy groups -OCH3 is 1. The van der Waals surface area contributed by atoms with E-state index < -0.39 is 17.8 Å². The molecule has 0 saturated heterocycles. The maximum Gasteiger partial charge on any atom is 0.308 e. The van der Waals surface area contributed by atoms with E-state index >= 15 is 0 Å². The van der Waals surface area contributed by atoms with Crippen LogP contribution in [0.15, 0.2) is 42.5 Å². The lowest BCUT2D eigenvalue weighted by Gasteiger charge is -2.20. The first kappa shape index (κ1) is 21.7. The lowest BCUT2D eigenvalue weighted by molar-refractivity contribution is -0.148. The molecule has 1 amide bonds. The minimum Gasteiger partial charge on any atom is -0.494 e. The van der Waals surface area contributed by atoms with Gasteiger partial charge in [-0.15, -0.1) is 0 Å². The molecule has 5 nitrogen and oxygen atoms in total.